The van der Waals surface area contributed by atoms with E-state index in [4.69, 9.17) is 11.3 Å². The third-order valence-electron chi connectivity index (χ3n) is 8.30. The molecule has 0 spiro atoms. The average Bonchev–Trinajstić information content (AvgIpc) is 3.56. The van der Waals surface area contributed by atoms with Gasteiger partial charge in [0.15, 0.2) is 0 Å². The van der Waals surface area contributed by atoms with Crippen LogP contribution in [0, 0.1) is 0 Å². The molecule has 0 fully saturated rings. The Morgan fingerprint density at radius 1 is 0.395 bits per heavy atom. The molecule has 8 aromatic carbocycles. The monoisotopic (exact) mass is 553 g/mol. The first-order valence-corrected chi connectivity index (χ1v) is 14.2. The average molecular weight is 554 g/mol. The Kier molecular flexibility index (Phi) is 3.95. The molecule has 0 aliphatic heterocycles. The molecule has 0 radical (unpaired) electrons. The van der Waals surface area contributed by atoms with E-state index in [1.165, 1.54) is 10.8 Å². The van der Waals surface area contributed by atoms with Gasteiger partial charge in [-0.1, -0.05) is 127 Å². The van der Waals surface area contributed by atoms with Crippen LogP contribution < -0.4 is 0 Å². The second-order valence-electron chi connectivity index (χ2n) is 10.7. The second-order valence-corrected chi connectivity index (χ2v) is 10.7. The van der Waals surface area contributed by atoms with Gasteiger partial charge in [-0.3, -0.25) is 0 Å². The third kappa shape index (κ3) is 3.79. The fraction of sp³-hybridized carbons (Fsp3) is 0. The van der Waals surface area contributed by atoms with E-state index >= 15 is 0 Å². The molecule has 200 valence electrons. The van der Waals surface area contributed by atoms with Crippen LogP contribution in [-0.4, -0.2) is 0 Å². The quantitative estimate of drug-likeness (QED) is 0.198. The molecular formula is C42H26O. The van der Waals surface area contributed by atoms with Crippen LogP contribution in [-0.2, 0) is 0 Å². The lowest BCUT2D eigenvalue weighted by molar-refractivity contribution is 0.669. The van der Waals surface area contributed by atoms with Crippen molar-refractivity contribution in [1.82, 2.24) is 0 Å². The zero-order valence-electron chi connectivity index (χ0n) is 29.9. The van der Waals surface area contributed by atoms with Gasteiger partial charge in [0, 0.05) is 10.8 Å². The van der Waals surface area contributed by atoms with Crippen molar-refractivity contribution in [2.45, 2.75) is 0 Å². The summed E-state index contributed by atoms with van der Waals surface area (Å²) in [6.07, 6.45) is 0. The van der Waals surface area contributed by atoms with Gasteiger partial charge >= 0.3 is 0 Å². The molecule has 0 unspecified atom stereocenters. The Hall–Kier alpha value is -5.66. The number of rotatable bonds is 3. The SMILES string of the molecule is [2H]c1c([2H])c([2H])c2c(oc3c([2H])c([2H])c(-c4c5ccccc5c(-c5cccc(-c6ccc7ccccc7c6)c5)c5ccccc45)c([2H])c32)c1[2H]. The van der Waals surface area contributed by atoms with Crippen molar-refractivity contribution in [3.05, 3.63) is 158 Å². The summed E-state index contributed by atoms with van der Waals surface area (Å²) in [4.78, 5) is 0. The van der Waals surface area contributed by atoms with Gasteiger partial charge in [-0.15, -0.1) is 0 Å². The molecular weight excluding hydrogens is 520 g/mol. The van der Waals surface area contributed by atoms with Crippen molar-refractivity contribution in [2.24, 2.45) is 0 Å². The molecule has 0 aliphatic carbocycles. The van der Waals surface area contributed by atoms with E-state index in [0.29, 0.717) is 5.56 Å². The largest absolute Gasteiger partial charge is 0.456 e. The Morgan fingerprint density at radius 2 is 1.00 bits per heavy atom. The first-order chi connectivity index (χ1) is 24.2. The maximum absolute atomic E-state index is 9.54. The van der Waals surface area contributed by atoms with Crippen molar-refractivity contribution in [2.75, 3.05) is 0 Å². The van der Waals surface area contributed by atoms with Crippen LogP contribution in [0.5, 0.6) is 0 Å². The topological polar surface area (TPSA) is 13.1 Å². The molecule has 0 aliphatic rings. The van der Waals surface area contributed by atoms with Gasteiger partial charge in [0.05, 0.1) is 9.60 Å². The zero-order valence-corrected chi connectivity index (χ0v) is 22.9. The number of fused-ring (bicyclic) bond motifs is 6. The molecule has 0 N–H and O–H groups in total. The minimum Gasteiger partial charge on any atom is -0.456 e. The molecule has 1 nitrogen and oxygen atoms in total. The van der Waals surface area contributed by atoms with Gasteiger partial charge in [-0.05, 0) is 96.0 Å². The third-order valence-corrected chi connectivity index (χ3v) is 8.30. The highest BCUT2D eigenvalue weighted by molar-refractivity contribution is 6.22. The Bertz CT molecular complexity index is 2850. The van der Waals surface area contributed by atoms with Gasteiger partial charge in [0.2, 0.25) is 0 Å². The summed E-state index contributed by atoms with van der Waals surface area (Å²) in [5, 5.41) is 5.92. The van der Waals surface area contributed by atoms with Crippen molar-refractivity contribution in [1.29, 1.82) is 0 Å². The Labute approximate surface area is 259 Å². The predicted molar refractivity (Wildman–Crippen MR) is 183 cm³/mol. The summed E-state index contributed by atoms with van der Waals surface area (Å²) < 4.78 is 67.2. The fourth-order valence-corrected chi connectivity index (χ4v) is 6.36. The van der Waals surface area contributed by atoms with Gasteiger partial charge in [0.1, 0.15) is 11.2 Å². The van der Waals surface area contributed by atoms with Crippen LogP contribution in [0.2, 0.25) is 0 Å². The van der Waals surface area contributed by atoms with Crippen molar-refractivity contribution < 1.29 is 14.0 Å². The second kappa shape index (κ2) is 9.44. The van der Waals surface area contributed by atoms with Crippen LogP contribution >= 0.6 is 0 Å². The standard InChI is InChI=1S/C42H26O/c1-2-11-28-24-30(21-20-27(28)10-1)29-12-9-13-31(25-29)41-34-15-3-5-17-36(34)42(37-18-6-4-16-35(37)41)32-22-23-40-38(26-32)33-14-7-8-19-39(33)43-40/h1-26H/i7D,8D,14D,19D,22D,23D,26D. The highest BCUT2D eigenvalue weighted by Gasteiger charge is 2.18. The normalized spacial score (nSPS) is 14.0. The van der Waals surface area contributed by atoms with Crippen molar-refractivity contribution in [3.8, 4) is 33.4 Å². The minimum absolute atomic E-state index is 0.0430. The number of hydrogen-bond donors (Lipinski definition) is 0. The maximum Gasteiger partial charge on any atom is 0.135 e. The molecule has 9 aromatic rings. The van der Waals surface area contributed by atoms with Crippen LogP contribution in [0.15, 0.2) is 162 Å². The molecule has 1 heterocycles. The van der Waals surface area contributed by atoms with E-state index in [2.05, 4.69) is 54.6 Å². The number of hydrogen-bond acceptors (Lipinski definition) is 1. The first-order valence-electron chi connectivity index (χ1n) is 17.7. The summed E-state index contributed by atoms with van der Waals surface area (Å²) in [6, 6.07) is 36.8. The van der Waals surface area contributed by atoms with Gasteiger partial charge in [0.25, 0.3) is 0 Å². The van der Waals surface area contributed by atoms with Gasteiger partial charge < -0.3 is 4.42 Å². The van der Waals surface area contributed by atoms with Gasteiger partial charge in [-0.2, -0.15) is 0 Å². The lowest BCUT2D eigenvalue weighted by atomic mass is 9.85. The number of para-hydroxylation sites is 1. The summed E-state index contributed by atoms with van der Waals surface area (Å²) >= 11 is 0. The Balaban J connectivity index is 1.36. The molecule has 43 heavy (non-hydrogen) atoms. The molecule has 0 amide bonds. The first kappa shape index (κ1) is 18.0. The molecule has 1 heteroatoms. The van der Waals surface area contributed by atoms with Crippen molar-refractivity contribution in [3.63, 3.8) is 0 Å². The summed E-state index contributed by atoms with van der Waals surface area (Å²) in [6.45, 7) is 0. The lowest BCUT2D eigenvalue weighted by Crippen LogP contribution is -1.91. The van der Waals surface area contributed by atoms with E-state index in [0.717, 1.165) is 43.8 Å². The smallest absolute Gasteiger partial charge is 0.135 e. The lowest BCUT2D eigenvalue weighted by Gasteiger charge is -2.18. The molecule has 1 aromatic heterocycles. The molecule has 0 bridgehead atoms. The van der Waals surface area contributed by atoms with E-state index in [1.807, 2.05) is 60.7 Å². The summed E-state index contributed by atoms with van der Waals surface area (Å²) in [5.41, 5.74) is 4.81. The minimum atomic E-state index is -0.455. The van der Waals surface area contributed by atoms with Crippen LogP contribution in [0.25, 0.3) is 87.6 Å². The van der Waals surface area contributed by atoms with E-state index in [1.54, 1.807) is 0 Å². The highest BCUT2D eigenvalue weighted by atomic mass is 16.3. The maximum atomic E-state index is 9.54. The predicted octanol–water partition coefficient (Wildman–Crippen LogP) is 12.0. The van der Waals surface area contributed by atoms with Crippen LogP contribution in [0.4, 0.5) is 0 Å². The summed E-state index contributed by atoms with van der Waals surface area (Å²) in [5.74, 6) is 0. The number of benzene rings is 8. The molecule has 0 atom stereocenters. The van der Waals surface area contributed by atoms with Crippen LogP contribution in [0.3, 0.4) is 0 Å². The molecule has 0 saturated heterocycles. The van der Waals surface area contributed by atoms with Gasteiger partial charge in [-0.25, -0.2) is 0 Å². The highest BCUT2D eigenvalue weighted by Crippen LogP contribution is 2.45. The number of furan rings is 1. The van der Waals surface area contributed by atoms with Crippen molar-refractivity contribution >= 4 is 54.3 Å². The molecule has 9 rings (SSSR count). The van der Waals surface area contributed by atoms with E-state index in [9.17, 15) is 2.74 Å². The van der Waals surface area contributed by atoms with E-state index in [-0.39, 0.29) is 57.7 Å². The zero-order chi connectivity index (χ0) is 34.4. The van der Waals surface area contributed by atoms with Crippen LogP contribution in [0.1, 0.15) is 9.60 Å². The Morgan fingerprint density at radius 3 is 1.77 bits per heavy atom. The molecule has 0 saturated carbocycles. The summed E-state index contributed by atoms with van der Waals surface area (Å²) in [7, 11) is 0. The fourth-order valence-electron chi connectivity index (χ4n) is 6.36. The van der Waals surface area contributed by atoms with E-state index < -0.39 is 12.1 Å².